The molecule has 0 aromatic carbocycles. The molecule has 28 heavy (non-hydrogen) atoms. The van der Waals surface area contributed by atoms with E-state index in [1.165, 1.54) is 12.4 Å². The highest BCUT2D eigenvalue weighted by Crippen LogP contribution is 2.31. The van der Waals surface area contributed by atoms with Crippen LogP contribution in [-0.2, 0) is 17.7 Å². The second kappa shape index (κ2) is 7.80. The van der Waals surface area contributed by atoms with Crippen LogP contribution in [0, 0.1) is 0 Å². The molecule has 2 aliphatic heterocycles. The van der Waals surface area contributed by atoms with Gasteiger partial charge in [-0.25, -0.2) is 9.97 Å². The van der Waals surface area contributed by atoms with Crippen LogP contribution in [0.1, 0.15) is 42.0 Å². The van der Waals surface area contributed by atoms with Crippen LogP contribution in [0.15, 0.2) is 16.8 Å². The Morgan fingerprint density at radius 1 is 1.18 bits per heavy atom. The van der Waals surface area contributed by atoms with Gasteiger partial charge in [0.1, 0.15) is 0 Å². The third-order valence-electron chi connectivity index (χ3n) is 5.39. The number of aromatic nitrogens is 4. The van der Waals surface area contributed by atoms with Gasteiger partial charge in [0.25, 0.3) is 5.91 Å². The van der Waals surface area contributed by atoms with Gasteiger partial charge in [-0.3, -0.25) is 9.69 Å². The minimum absolute atomic E-state index is 0.166. The molecule has 0 aliphatic carbocycles. The van der Waals surface area contributed by atoms with Gasteiger partial charge in [-0.05, 0) is 12.8 Å². The Balaban J connectivity index is 1.36. The fourth-order valence-electron chi connectivity index (χ4n) is 3.83. The molecule has 2 aromatic rings. The summed E-state index contributed by atoms with van der Waals surface area (Å²) in [5.74, 6) is 1.29. The van der Waals surface area contributed by atoms with Gasteiger partial charge in [0.05, 0.1) is 18.8 Å². The number of carbonyl (C=O) groups excluding carboxylic acids is 1. The second-order valence-corrected chi connectivity index (χ2v) is 7.27. The van der Waals surface area contributed by atoms with E-state index in [1.807, 2.05) is 6.92 Å². The summed E-state index contributed by atoms with van der Waals surface area (Å²) in [6.07, 6.45) is 5.23. The summed E-state index contributed by atoms with van der Waals surface area (Å²) in [5.41, 5.74) is 5.76. The van der Waals surface area contributed by atoms with Crippen LogP contribution in [0.5, 0.6) is 0 Å². The number of hydrogen-bond acceptors (Lipinski definition) is 9. The van der Waals surface area contributed by atoms with Gasteiger partial charge in [-0.2, -0.15) is 0 Å². The summed E-state index contributed by atoms with van der Waals surface area (Å²) >= 11 is 0. The van der Waals surface area contributed by atoms with E-state index < -0.39 is 0 Å². The first kappa shape index (κ1) is 18.8. The van der Waals surface area contributed by atoms with Crippen molar-refractivity contribution in [2.45, 2.75) is 38.3 Å². The standard InChI is InChI=1S/C18H25N7O3/c1-2-13-22-23-14(28-13)11-24-9-10-27-18(12-24)3-7-25(8-4-18)17(26)15-16(19)21-6-5-20-15/h5-6H,2-4,7-12H2,1H3,(H2,19,21). The summed E-state index contributed by atoms with van der Waals surface area (Å²) in [4.78, 5) is 24.8. The van der Waals surface area contributed by atoms with Crippen molar-refractivity contribution >= 4 is 11.7 Å². The maximum Gasteiger partial charge on any atom is 0.276 e. The van der Waals surface area contributed by atoms with Crippen molar-refractivity contribution < 1.29 is 13.9 Å². The van der Waals surface area contributed by atoms with E-state index in [1.54, 1.807) is 4.90 Å². The molecule has 2 saturated heterocycles. The molecule has 0 unspecified atom stereocenters. The molecule has 1 amide bonds. The van der Waals surface area contributed by atoms with Crippen LogP contribution >= 0.6 is 0 Å². The molecule has 4 rings (SSSR count). The average Bonchev–Trinajstić information content (AvgIpc) is 3.16. The molecule has 4 heterocycles. The van der Waals surface area contributed by atoms with Gasteiger partial charge < -0.3 is 19.8 Å². The lowest BCUT2D eigenvalue weighted by atomic mass is 9.89. The molecule has 2 aliphatic rings. The number of likely N-dealkylation sites (tertiary alicyclic amines) is 1. The number of rotatable bonds is 4. The van der Waals surface area contributed by atoms with Crippen LogP contribution < -0.4 is 5.73 Å². The highest BCUT2D eigenvalue weighted by molar-refractivity contribution is 5.96. The predicted molar refractivity (Wildman–Crippen MR) is 99.2 cm³/mol. The molecule has 0 saturated carbocycles. The lowest BCUT2D eigenvalue weighted by molar-refractivity contribution is -0.135. The molecular formula is C18H25N7O3. The van der Waals surface area contributed by atoms with Crippen molar-refractivity contribution in [3.05, 3.63) is 29.9 Å². The third-order valence-corrected chi connectivity index (χ3v) is 5.39. The smallest absolute Gasteiger partial charge is 0.276 e. The van der Waals surface area contributed by atoms with E-state index in [0.29, 0.717) is 38.0 Å². The first-order valence-corrected chi connectivity index (χ1v) is 9.62. The van der Waals surface area contributed by atoms with Crippen LogP contribution in [0.3, 0.4) is 0 Å². The molecule has 0 radical (unpaired) electrons. The molecule has 2 aromatic heterocycles. The monoisotopic (exact) mass is 387 g/mol. The van der Waals surface area contributed by atoms with Crippen molar-refractivity contribution in [1.82, 2.24) is 30.0 Å². The number of carbonyl (C=O) groups is 1. The van der Waals surface area contributed by atoms with E-state index in [4.69, 9.17) is 14.9 Å². The van der Waals surface area contributed by atoms with E-state index in [2.05, 4.69) is 25.1 Å². The average molecular weight is 387 g/mol. The number of piperidine rings is 1. The van der Waals surface area contributed by atoms with Gasteiger partial charge in [-0.15, -0.1) is 10.2 Å². The van der Waals surface area contributed by atoms with E-state index in [9.17, 15) is 4.79 Å². The molecule has 10 nitrogen and oxygen atoms in total. The zero-order chi connectivity index (χ0) is 19.6. The van der Waals surface area contributed by atoms with Gasteiger partial charge >= 0.3 is 0 Å². The first-order chi connectivity index (χ1) is 13.6. The highest BCUT2D eigenvalue weighted by atomic mass is 16.5. The van der Waals surface area contributed by atoms with Crippen LogP contribution in [0.4, 0.5) is 5.82 Å². The maximum atomic E-state index is 12.7. The van der Waals surface area contributed by atoms with Gasteiger partial charge in [0.2, 0.25) is 11.8 Å². The van der Waals surface area contributed by atoms with Gasteiger partial charge in [-0.1, -0.05) is 6.92 Å². The first-order valence-electron chi connectivity index (χ1n) is 9.62. The van der Waals surface area contributed by atoms with Crippen LogP contribution in [0.25, 0.3) is 0 Å². The Bertz CT molecular complexity index is 832. The zero-order valence-electron chi connectivity index (χ0n) is 16.0. The second-order valence-electron chi connectivity index (χ2n) is 7.27. The van der Waals surface area contributed by atoms with Crippen molar-refractivity contribution in [1.29, 1.82) is 0 Å². The zero-order valence-corrected chi connectivity index (χ0v) is 16.0. The SMILES string of the molecule is CCc1nnc(CN2CCOC3(CCN(C(=O)c4nccnc4N)CC3)C2)o1. The normalized spacial score (nSPS) is 19.8. The molecule has 2 N–H and O–H groups in total. The van der Waals surface area contributed by atoms with Crippen molar-refractivity contribution in [3.8, 4) is 0 Å². The van der Waals surface area contributed by atoms with E-state index >= 15 is 0 Å². The van der Waals surface area contributed by atoms with Crippen molar-refractivity contribution in [2.75, 3.05) is 38.5 Å². The van der Waals surface area contributed by atoms with E-state index in [0.717, 1.165) is 32.4 Å². The topological polar surface area (TPSA) is 124 Å². The Morgan fingerprint density at radius 2 is 1.93 bits per heavy atom. The molecule has 0 bridgehead atoms. The van der Waals surface area contributed by atoms with Gasteiger partial charge in [0, 0.05) is 45.0 Å². The Kier molecular flexibility index (Phi) is 5.23. The predicted octanol–water partition coefficient (Wildman–Crippen LogP) is 0.511. The number of nitrogens with two attached hydrogens (primary N) is 1. The lowest BCUT2D eigenvalue weighted by Gasteiger charge is -2.47. The molecule has 2 fully saturated rings. The molecule has 1 spiro atoms. The summed E-state index contributed by atoms with van der Waals surface area (Å²) in [6, 6.07) is 0. The van der Waals surface area contributed by atoms with Gasteiger partial charge in [0.15, 0.2) is 11.5 Å². The highest BCUT2D eigenvalue weighted by Gasteiger charge is 2.41. The maximum absolute atomic E-state index is 12.7. The van der Waals surface area contributed by atoms with Crippen LogP contribution in [0.2, 0.25) is 0 Å². The van der Waals surface area contributed by atoms with Crippen molar-refractivity contribution in [2.24, 2.45) is 0 Å². The Labute approximate surface area is 163 Å². The largest absolute Gasteiger partial charge is 0.424 e. The fraction of sp³-hybridized carbons (Fsp3) is 0.611. The Morgan fingerprint density at radius 3 is 2.64 bits per heavy atom. The number of hydrogen-bond donors (Lipinski definition) is 1. The number of anilines is 1. The summed E-state index contributed by atoms with van der Waals surface area (Å²) in [7, 11) is 0. The van der Waals surface area contributed by atoms with Crippen LogP contribution in [-0.4, -0.2) is 74.3 Å². The Hall–Kier alpha value is -2.59. The number of amides is 1. The quantitative estimate of drug-likeness (QED) is 0.799. The molecule has 10 heteroatoms. The number of aryl methyl sites for hydroxylation is 1. The summed E-state index contributed by atoms with van der Waals surface area (Å²) in [5, 5.41) is 8.14. The number of ether oxygens (including phenoxy) is 1. The lowest BCUT2D eigenvalue weighted by Crippen LogP contribution is -2.57. The minimum atomic E-state index is -0.253. The summed E-state index contributed by atoms with van der Waals surface area (Å²) in [6.45, 7) is 6.07. The summed E-state index contributed by atoms with van der Waals surface area (Å²) < 4.78 is 11.8. The molecule has 150 valence electrons. The number of nitrogens with zero attached hydrogens (tertiary/aromatic N) is 6. The number of morpholine rings is 1. The van der Waals surface area contributed by atoms with Crippen molar-refractivity contribution in [3.63, 3.8) is 0 Å². The molecule has 0 atom stereocenters. The van der Waals surface area contributed by atoms with E-state index in [-0.39, 0.29) is 23.0 Å². The minimum Gasteiger partial charge on any atom is -0.424 e. The molecular weight excluding hydrogens is 362 g/mol. The third kappa shape index (κ3) is 3.83. The fourth-order valence-corrected chi connectivity index (χ4v) is 3.83. The number of nitrogen functional groups attached to an aromatic ring is 1.